The van der Waals surface area contributed by atoms with Gasteiger partial charge in [-0.15, -0.1) is 11.3 Å². The number of aryl methyl sites for hydroxylation is 1. The Bertz CT molecular complexity index is 714. The topological polar surface area (TPSA) is 92.5 Å². The first-order valence-corrected chi connectivity index (χ1v) is 7.13. The number of nitro groups is 1. The zero-order valence-corrected chi connectivity index (χ0v) is 12.5. The van der Waals surface area contributed by atoms with Gasteiger partial charge in [-0.2, -0.15) is 0 Å². The third kappa shape index (κ3) is 3.50. The van der Waals surface area contributed by atoms with Gasteiger partial charge in [0.15, 0.2) is 0 Å². The van der Waals surface area contributed by atoms with Gasteiger partial charge in [-0.1, -0.05) is 11.6 Å². The second-order valence-electron chi connectivity index (χ2n) is 4.34. The molecule has 1 aromatic carbocycles. The summed E-state index contributed by atoms with van der Waals surface area (Å²) < 4.78 is 0. The largest absolute Gasteiger partial charge is 0.478 e. The van der Waals surface area contributed by atoms with Crippen LogP contribution in [0, 0.1) is 17.0 Å². The minimum atomic E-state index is -0.966. The van der Waals surface area contributed by atoms with E-state index in [-0.39, 0.29) is 16.3 Å². The molecule has 0 unspecified atom stereocenters. The quantitative estimate of drug-likeness (QED) is 0.641. The Morgan fingerprint density at radius 1 is 1.48 bits per heavy atom. The molecule has 0 fully saturated rings. The molecule has 0 saturated carbocycles. The molecule has 0 amide bonds. The molecule has 1 aromatic heterocycles. The highest BCUT2D eigenvalue weighted by Gasteiger charge is 2.15. The van der Waals surface area contributed by atoms with Crippen LogP contribution in [0.25, 0.3) is 0 Å². The molecule has 8 heteroatoms. The van der Waals surface area contributed by atoms with E-state index in [1.165, 1.54) is 23.5 Å². The maximum Gasteiger partial charge on any atom is 0.336 e. The van der Waals surface area contributed by atoms with Crippen LogP contribution in [0.4, 0.5) is 11.4 Å². The van der Waals surface area contributed by atoms with Gasteiger partial charge >= 0.3 is 5.97 Å². The van der Waals surface area contributed by atoms with Crippen LogP contribution in [0.2, 0.25) is 5.02 Å². The lowest BCUT2D eigenvalue weighted by atomic mass is 10.1. The van der Waals surface area contributed by atoms with Gasteiger partial charge < -0.3 is 10.4 Å². The molecule has 0 aliphatic carbocycles. The van der Waals surface area contributed by atoms with E-state index < -0.39 is 10.9 Å². The molecule has 1 heterocycles. The van der Waals surface area contributed by atoms with Gasteiger partial charge in [0.1, 0.15) is 5.02 Å². The van der Waals surface area contributed by atoms with Crippen LogP contribution in [0.3, 0.4) is 0 Å². The third-order valence-corrected chi connectivity index (χ3v) is 4.08. The molecule has 2 rings (SSSR count). The average molecular weight is 327 g/mol. The first-order valence-electron chi connectivity index (χ1n) is 5.87. The molecule has 0 radical (unpaired) electrons. The maximum atomic E-state index is 10.8. The highest BCUT2D eigenvalue weighted by Crippen LogP contribution is 2.31. The van der Waals surface area contributed by atoms with Gasteiger partial charge in [0.05, 0.1) is 10.5 Å². The summed E-state index contributed by atoms with van der Waals surface area (Å²) in [6.45, 7) is 2.16. The Morgan fingerprint density at radius 2 is 2.19 bits per heavy atom. The summed E-state index contributed by atoms with van der Waals surface area (Å²) >= 11 is 7.20. The molecule has 2 N–H and O–H groups in total. The third-order valence-electron chi connectivity index (χ3n) is 2.84. The second kappa shape index (κ2) is 6.11. The van der Waals surface area contributed by atoms with E-state index in [2.05, 4.69) is 5.32 Å². The highest BCUT2D eigenvalue weighted by atomic mass is 35.5. The fourth-order valence-electron chi connectivity index (χ4n) is 1.76. The van der Waals surface area contributed by atoms with Crippen molar-refractivity contribution in [3.63, 3.8) is 0 Å². The number of rotatable bonds is 5. The number of carboxylic acid groups (broad SMARTS) is 1. The van der Waals surface area contributed by atoms with Crippen molar-refractivity contribution in [1.82, 2.24) is 0 Å². The molecular weight excluding hydrogens is 316 g/mol. The Labute approximate surface area is 129 Å². The van der Waals surface area contributed by atoms with E-state index >= 15 is 0 Å². The standard InChI is InChI=1S/C13H11ClN2O4S/c1-7-2-12(16(19)20)10(14)4-11(7)15-5-9-3-8(6-21-9)13(17)18/h2-4,6,15H,5H2,1H3,(H,17,18). The monoisotopic (exact) mass is 326 g/mol. The van der Waals surface area contributed by atoms with E-state index in [0.717, 1.165) is 4.88 Å². The average Bonchev–Trinajstić information content (AvgIpc) is 2.88. The number of anilines is 1. The summed E-state index contributed by atoms with van der Waals surface area (Å²) in [4.78, 5) is 21.9. The number of carboxylic acids is 1. The lowest BCUT2D eigenvalue weighted by Gasteiger charge is -2.09. The van der Waals surface area contributed by atoms with Crippen molar-refractivity contribution in [1.29, 1.82) is 0 Å². The second-order valence-corrected chi connectivity index (χ2v) is 5.74. The first-order chi connectivity index (χ1) is 9.88. The molecule has 0 saturated heterocycles. The predicted octanol–water partition coefficient (Wildman–Crippen LogP) is 3.93. The van der Waals surface area contributed by atoms with Gasteiger partial charge in [-0.25, -0.2) is 4.79 Å². The minimum absolute atomic E-state index is 0.0607. The fourth-order valence-corrected chi connectivity index (χ4v) is 2.79. The Kier molecular flexibility index (Phi) is 4.44. The van der Waals surface area contributed by atoms with Gasteiger partial charge in [0.25, 0.3) is 5.69 Å². The number of hydrogen-bond acceptors (Lipinski definition) is 5. The lowest BCUT2D eigenvalue weighted by Crippen LogP contribution is -2.01. The minimum Gasteiger partial charge on any atom is -0.478 e. The Morgan fingerprint density at radius 3 is 2.76 bits per heavy atom. The molecule has 0 spiro atoms. The molecule has 6 nitrogen and oxygen atoms in total. The molecule has 0 aliphatic rings. The number of halogens is 1. The summed E-state index contributed by atoms with van der Waals surface area (Å²) in [6, 6.07) is 4.49. The number of carbonyl (C=O) groups is 1. The molecule has 2 aromatic rings. The first kappa shape index (κ1) is 15.3. The number of nitrogens with zero attached hydrogens (tertiary/aromatic N) is 1. The molecular formula is C13H11ClN2O4S. The number of aromatic carboxylic acids is 1. The number of benzene rings is 1. The van der Waals surface area contributed by atoms with Crippen LogP contribution in [0.5, 0.6) is 0 Å². The smallest absolute Gasteiger partial charge is 0.336 e. The number of nitro benzene ring substituents is 1. The molecule has 0 bridgehead atoms. The van der Waals surface area contributed by atoms with E-state index in [1.54, 1.807) is 18.4 Å². The molecule has 110 valence electrons. The summed E-state index contributed by atoms with van der Waals surface area (Å²) in [6.07, 6.45) is 0. The van der Waals surface area contributed by atoms with Crippen molar-refractivity contribution >= 4 is 40.3 Å². The van der Waals surface area contributed by atoms with Crippen LogP contribution in [-0.2, 0) is 6.54 Å². The van der Waals surface area contributed by atoms with E-state index in [9.17, 15) is 14.9 Å². The zero-order valence-electron chi connectivity index (χ0n) is 10.9. The van der Waals surface area contributed by atoms with Gasteiger partial charge in [-0.3, -0.25) is 10.1 Å². The Balaban J connectivity index is 2.14. The van der Waals surface area contributed by atoms with Crippen LogP contribution in [0.15, 0.2) is 23.6 Å². The van der Waals surface area contributed by atoms with Crippen molar-refractivity contribution in [3.8, 4) is 0 Å². The Hall–Kier alpha value is -2.12. The van der Waals surface area contributed by atoms with E-state index in [0.29, 0.717) is 17.8 Å². The van der Waals surface area contributed by atoms with Gasteiger partial charge in [0, 0.05) is 28.6 Å². The lowest BCUT2D eigenvalue weighted by molar-refractivity contribution is -0.384. The number of hydrogen-bond donors (Lipinski definition) is 2. The van der Waals surface area contributed by atoms with Crippen molar-refractivity contribution in [2.24, 2.45) is 0 Å². The number of thiophene rings is 1. The summed E-state index contributed by atoms with van der Waals surface area (Å²) in [5.74, 6) is -0.966. The molecule has 21 heavy (non-hydrogen) atoms. The van der Waals surface area contributed by atoms with Gasteiger partial charge in [-0.05, 0) is 24.6 Å². The van der Waals surface area contributed by atoms with Crippen LogP contribution < -0.4 is 5.32 Å². The van der Waals surface area contributed by atoms with Crippen LogP contribution in [0.1, 0.15) is 20.8 Å². The van der Waals surface area contributed by atoms with E-state index in [1.807, 2.05) is 0 Å². The van der Waals surface area contributed by atoms with Crippen molar-refractivity contribution in [3.05, 3.63) is 54.7 Å². The van der Waals surface area contributed by atoms with Crippen LogP contribution >= 0.6 is 22.9 Å². The van der Waals surface area contributed by atoms with E-state index in [4.69, 9.17) is 16.7 Å². The summed E-state index contributed by atoms with van der Waals surface area (Å²) in [7, 11) is 0. The predicted molar refractivity (Wildman–Crippen MR) is 81.4 cm³/mol. The summed E-state index contributed by atoms with van der Waals surface area (Å²) in [5.41, 5.74) is 1.48. The van der Waals surface area contributed by atoms with Crippen molar-refractivity contribution in [2.75, 3.05) is 5.32 Å². The van der Waals surface area contributed by atoms with Crippen molar-refractivity contribution < 1.29 is 14.8 Å². The highest BCUT2D eigenvalue weighted by molar-refractivity contribution is 7.10. The van der Waals surface area contributed by atoms with Gasteiger partial charge in [0.2, 0.25) is 0 Å². The molecule has 0 atom stereocenters. The summed E-state index contributed by atoms with van der Waals surface area (Å²) in [5, 5.41) is 24.4. The van der Waals surface area contributed by atoms with Crippen molar-refractivity contribution in [2.45, 2.75) is 13.5 Å². The van der Waals surface area contributed by atoms with Crippen LogP contribution in [-0.4, -0.2) is 16.0 Å². The number of nitrogens with one attached hydrogen (secondary N) is 1. The zero-order chi connectivity index (χ0) is 15.6. The molecule has 0 aliphatic heterocycles. The fraction of sp³-hybridized carbons (Fsp3) is 0.154. The maximum absolute atomic E-state index is 10.8. The SMILES string of the molecule is Cc1cc([N+](=O)[O-])c(Cl)cc1NCc1cc(C(=O)O)cs1. The normalized spacial score (nSPS) is 10.4.